The highest BCUT2D eigenvalue weighted by Gasteiger charge is 2.29. The van der Waals surface area contributed by atoms with Crippen molar-refractivity contribution in [3.05, 3.63) is 48.0 Å². The second-order valence-corrected chi connectivity index (χ2v) is 6.21. The molecule has 110 valence electrons. The molecule has 1 saturated carbocycles. The minimum absolute atomic E-state index is 0.0166. The summed E-state index contributed by atoms with van der Waals surface area (Å²) in [5.41, 5.74) is 1.28. The minimum Gasteiger partial charge on any atom is -0.348 e. The molecule has 21 heavy (non-hydrogen) atoms. The maximum atomic E-state index is 12.1. The van der Waals surface area contributed by atoms with Gasteiger partial charge >= 0.3 is 0 Å². The fourth-order valence-corrected chi connectivity index (χ4v) is 2.60. The van der Waals surface area contributed by atoms with E-state index < -0.39 is 0 Å². The lowest BCUT2D eigenvalue weighted by atomic mass is 10.1. The molecule has 0 spiro atoms. The molecule has 0 heterocycles. The summed E-state index contributed by atoms with van der Waals surface area (Å²) in [5.74, 6) is 0.177. The Balaban J connectivity index is 1.66. The summed E-state index contributed by atoms with van der Waals surface area (Å²) in [7, 11) is 2.09. The van der Waals surface area contributed by atoms with Crippen LogP contribution in [0.4, 0.5) is 0 Å². The highest BCUT2D eigenvalue weighted by atomic mass is 16.2. The Morgan fingerprint density at radius 1 is 1.24 bits per heavy atom. The van der Waals surface area contributed by atoms with E-state index >= 15 is 0 Å². The molecule has 2 N–H and O–H groups in total. The van der Waals surface area contributed by atoms with Crippen LogP contribution in [0.25, 0.3) is 10.8 Å². The van der Waals surface area contributed by atoms with Gasteiger partial charge in [-0.15, -0.1) is 0 Å². The van der Waals surface area contributed by atoms with Crippen LogP contribution in [0, 0.1) is 0 Å². The standard InChI is InChI=1S/C18H22N2O/c1-13(18(21)19-17-9-10-17)20(2)12-14-7-8-15-5-3-4-6-16(15)11-14/h3-8,11,13,17H,9-10,12H2,1-2H3,(H,19,21)/p+1/t13-/m1/s1. The number of amides is 1. The van der Waals surface area contributed by atoms with Crippen molar-refractivity contribution in [2.75, 3.05) is 7.05 Å². The number of rotatable bonds is 5. The SMILES string of the molecule is C[C@H](C(=O)NC1CC1)[NH+](C)Cc1ccc2ccccc2c1. The van der Waals surface area contributed by atoms with Crippen LogP contribution in [0.3, 0.4) is 0 Å². The maximum Gasteiger partial charge on any atom is 0.278 e. The average molecular weight is 283 g/mol. The van der Waals surface area contributed by atoms with E-state index in [1.54, 1.807) is 0 Å². The lowest BCUT2D eigenvalue weighted by Crippen LogP contribution is -3.12. The number of likely N-dealkylation sites (N-methyl/N-ethyl adjacent to an activating group) is 1. The molecule has 1 unspecified atom stereocenters. The van der Waals surface area contributed by atoms with Gasteiger partial charge in [0.15, 0.2) is 6.04 Å². The third-order valence-corrected chi connectivity index (χ3v) is 4.35. The Bertz CT molecular complexity index is 648. The predicted octanol–water partition coefficient (Wildman–Crippen LogP) is 1.52. The number of quaternary nitrogens is 1. The number of fused-ring (bicyclic) bond motifs is 1. The van der Waals surface area contributed by atoms with E-state index in [0.29, 0.717) is 6.04 Å². The van der Waals surface area contributed by atoms with Gasteiger partial charge in [0.05, 0.1) is 7.05 Å². The molecule has 2 atom stereocenters. The fourth-order valence-electron chi connectivity index (χ4n) is 2.60. The molecule has 1 amide bonds. The first-order valence-corrected chi connectivity index (χ1v) is 7.74. The van der Waals surface area contributed by atoms with Crippen LogP contribution in [-0.4, -0.2) is 25.0 Å². The Hall–Kier alpha value is -1.87. The number of benzene rings is 2. The van der Waals surface area contributed by atoms with Gasteiger partial charge < -0.3 is 10.2 Å². The molecule has 3 rings (SSSR count). The number of hydrogen-bond acceptors (Lipinski definition) is 1. The van der Waals surface area contributed by atoms with Crippen molar-refractivity contribution in [2.45, 2.75) is 38.4 Å². The first kappa shape index (κ1) is 14.1. The number of carbonyl (C=O) groups is 1. The summed E-state index contributed by atoms with van der Waals surface area (Å²) in [6, 6.07) is 15.4. The highest BCUT2D eigenvalue weighted by molar-refractivity contribution is 5.83. The molecular formula is C18H23N2O+. The third kappa shape index (κ3) is 3.42. The van der Waals surface area contributed by atoms with Crippen molar-refractivity contribution in [3.63, 3.8) is 0 Å². The molecule has 2 aromatic carbocycles. The van der Waals surface area contributed by atoms with Crippen LogP contribution in [0.1, 0.15) is 25.3 Å². The van der Waals surface area contributed by atoms with Gasteiger partial charge in [0.1, 0.15) is 6.54 Å². The van der Waals surface area contributed by atoms with Crippen molar-refractivity contribution >= 4 is 16.7 Å². The van der Waals surface area contributed by atoms with Gasteiger partial charge in [0.2, 0.25) is 0 Å². The molecular weight excluding hydrogens is 260 g/mol. The van der Waals surface area contributed by atoms with E-state index in [1.165, 1.54) is 21.2 Å². The Kier molecular flexibility index (Phi) is 3.93. The highest BCUT2D eigenvalue weighted by Crippen LogP contribution is 2.18. The van der Waals surface area contributed by atoms with E-state index in [9.17, 15) is 4.79 Å². The van der Waals surface area contributed by atoms with Crippen molar-refractivity contribution in [2.24, 2.45) is 0 Å². The van der Waals surface area contributed by atoms with Gasteiger partial charge in [-0.3, -0.25) is 4.79 Å². The van der Waals surface area contributed by atoms with Gasteiger partial charge in [-0.25, -0.2) is 0 Å². The number of nitrogens with one attached hydrogen (secondary N) is 2. The lowest BCUT2D eigenvalue weighted by Gasteiger charge is -2.21. The number of hydrogen-bond donors (Lipinski definition) is 2. The van der Waals surface area contributed by atoms with Crippen LogP contribution >= 0.6 is 0 Å². The van der Waals surface area contributed by atoms with Crippen LogP contribution in [0.5, 0.6) is 0 Å². The summed E-state index contributed by atoms with van der Waals surface area (Å²) in [4.78, 5) is 13.3. The van der Waals surface area contributed by atoms with Crippen molar-refractivity contribution < 1.29 is 9.69 Å². The Morgan fingerprint density at radius 3 is 2.67 bits per heavy atom. The lowest BCUT2D eigenvalue weighted by molar-refractivity contribution is -0.908. The first-order chi connectivity index (χ1) is 10.1. The molecule has 0 aromatic heterocycles. The zero-order chi connectivity index (χ0) is 14.8. The quantitative estimate of drug-likeness (QED) is 0.857. The van der Waals surface area contributed by atoms with Gasteiger partial charge in [-0.2, -0.15) is 0 Å². The minimum atomic E-state index is -0.0166. The van der Waals surface area contributed by atoms with Crippen molar-refractivity contribution in [3.8, 4) is 0 Å². The van der Waals surface area contributed by atoms with Crippen LogP contribution in [0.2, 0.25) is 0 Å². The molecule has 3 nitrogen and oxygen atoms in total. The topological polar surface area (TPSA) is 33.5 Å². The molecule has 0 saturated heterocycles. The van der Waals surface area contributed by atoms with E-state index in [1.807, 2.05) is 6.92 Å². The summed E-state index contributed by atoms with van der Waals surface area (Å²) >= 11 is 0. The predicted molar refractivity (Wildman–Crippen MR) is 85.2 cm³/mol. The van der Waals surface area contributed by atoms with Crippen molar-refractivity contribution in [1.29, 1.82) is 0 Å². The summed E-state index contributed by atoms with van der Waals surface area (Å²) in [5, 5.41) is 5.61. The molecule has 0 radical (unpaired) electrons. The summed E-state index contributed by atoms with van der Waals surface area (Å²) in [6.07, 6.45) is 2.28. The zero-order valence-electron chi connectivity index (χ0n) is 12.7. The summed E-state index contributed by atoms with van der Waals surface area (Å²) in [6.45, 7) is 2.87. The van der Waals surface area contributed by atoms with E-state index in [2.05, 4.69) is 54.8 Å². The average Bonchev–Trinajstić information content (AvgIpc) is 3.30. The molecule has 3 heteroatoms. The monoisotopic (exact) mass is 283 g/mol. The summed E-state index contributed by atoms with van der Waals surface area (Å²) < 4.78 is 0. The second kappa shape index (κ2) is 5.86. The largest absolute Gasteiger partial charge is 0.348 e. The Morgan fingerprint density at radius 2 is 1.95 bits per heavy atom. The molecule has 0 bridgehead atoms. The van der Waals surface area contributed by atoms with Gasteiger partial charge in [0.25, 0.3) is 5.91 Å². The molecule has 0 aliphatic heterocycles. The molecule has 2 aromatic rings. The maximum absolute atomic E-state index is 12.1. The molecule has 1 fully saturated rings. The second-order valence-electron chi connectivity index (χ2n) is 6.21. The zero-order valence-corrected chi connectivity index (χ0v) is 12.7. The first-order valence-electron chi connectivity index (χ1n) is 7.74. The van der Waals surface area contributed by atoms with E-state index in [-0.39, 0.29) is 11.9 Å². The van der Waals surface area contributed by atoms with Gasteiger partial charge in [-0.1, -0.05) is 36.4 Å². The number of carbonyl (C=O) groups excluding carboxylic acids is 1. The van der Waals surface area contributed by atoms with Crippen LogP contribution in [0.15, 0.2) is 42.5 Å². The smallest absolute Gasteiger partial charge is 0.278 e. The normalized spacial score (nSPS) is 17.4. The van der Waals surface area contributed by atoms with Crippen molar-refractivity contribution in [1.82, 2.24) is 5.32 Å². The van der Waals surface area contributed by atoms with E-state index in [0.717, 1.165) is 19.4 Å². The Labute approximate surface area is 125 Å². The van der Waals surface area contributed by atoms with Gasteiger partial charge in [-0.05, 0) is 36.6 Å². The van der Waals surface area contributed by atoms with Crippen LogP contribution < -0.4 is 10.2 Å². The third-order valence-electron chi connectivity index (χ3n) is 4.35. The van der Waals surface area contributed by atoms with Crippen LogP contribution in [-0.2, 0) is 11.3 Å². The van der Waals surface area contributed by atoms with E-state index in [4.69, 9.17) is 0 Å². The van der Waals surface area contributed by atoms with Gasteiger partial charge in [0, 0.05) is 11.6 Å². The fraction of sp³-hybridized carbons (Fsp3) is 0.389. The molecule has 1 aliphatic rings. The molecule has 1 aliphatic carbocycles.